The van der Waals surface area contributed by atoms with Crippen LogP contribution in [0.1, 0.15) is 23.2 Å². The Hall–Kier alpha value is -1.95. The van der Waals surface area contributed by atoms with E-state index in [-0.39, 0.29) is 23.2 Å². The van der Waals surface area contributed by atoms with E-state index in [1.165, 1.54) is 0 Å². The van der Waals surface area contributed by atoms with E-state index in [2.05, 4.69) is 10.6 Å². The summed E-state index contributed by atoms with van der Waals surface area (Å²) in [7, 11) is 0. The van der Waals surface area contributed by atoms with Crippen molar-refractivity contribution in [3.8, 4) is 0 Å². The van der Waals surface area contributed by atoms with Gasteiger partial charge in [0, 0.05) is 0 Å². The van der Waals surface area contributed by atoms with Crippen LogP contribution in [0.15, 0.2) is 18.2 Å². The van der Waals surface area contributed by atoms with Gasteiger partial charge in [0.25, 0.3) is 0 Å². The highest BCUT2D eigenvalue weighted by Gasteiger charge is 2.23. The third kappa shape index (κ3) is 2.65. The number of carbonyl (C=O) groups is 2. The summed E-state index contributed by atoms with van der Waals surface area (Å²) in [5.74, 6) is -2.15. The fraction of sp³-hybridized carbons (Fsp3) is 0.333. The van der Waals surface area contributed by atoms with E-state index >= 15 is 0 Å². The standard InChI is InChI=1S/C12H13FN2O3/c13-8-4-3-7(12(17)18)6-10(8)15-11(16)9-2-1-5-14-9/h3-4,6,9,14H,1-2,5H2,(H,15,16)(H,17,18)/t9-/m1/s1. The normalized spacial score (nSPS) is 18.6. The first kappa shape index (κ1) is 12.5. The van der Waals surface area contributed by atoms with Crippen LogP contribution >= 0.6 is 0 Å². The maximum Gasteiger partial charge on any atom is 0.335 e. The molecule has 1 aliphatic heterocycles. The van der Waals surface area contributed by atoms with Crippen LogP contribution in [0.4, 0.5) is 10.1 Å². The van der Waals surface area contributed by atoms with Crippen molar-refractivity contribution < 1.29 is 19.1 Å². The molecular formula is C12H13FN2O3. The van der Waals surface area contributed by atoms with Crippen LogP contribution in [0, 0.1) is 5.82 Å². The van der Waals surface area contributed by atoms with Gasteiger partial charge in [0.2, 0.25) is 5.91 Å². The summed E-state index contributed by atoms with van der Waals surface area (Å²) in [5.41, 5.74) is -0.167. The Kier molecular flexibility index (Phi) is 3.57. The average molecular weight is 252 g/mol. The molecule has 1 aromatic rings. The molecule has 0 aromatic heterocycles. The number of anilines is 1. The number of carboxylic acid groups (broad SMARTS) is 1. The predicted molar refractivity (Wildman–Crippen MR) is 63.0 cm³/mol. The molecule has 0 spiro atoms. The SMILES string of the molecule is O=C(O)c1ccc(F)c(NC(=O)[C@H]2CCCN2)c1. The molecule has 1 aromatic carbocycles. The van der Waals surface area contributed by atoms with E-state index < -0.39 is 11.8 Å². The number of rotatable bonds is 3. The van der Waals surface area contributed by atoms with Crippen LogP contribution < -0.4 is 10.6 Å². The number of halogens is 1. The van der Waals surface area contributed by atoms with Crippen LogP contribution in [-0.4, -0.2) is 29.6 Å². The number of aromatic carboxylic acids is 1. The first-order valence-electron chi connectivity index (χ1n) is 5.65. The zero-order valence-corrected chi connectivity index (χ0v) is 9.57. The second-order valence-corrected chi connectivity index (χ2v) is 4.14. The fourth-order valence-corrected chi connectivity index (χ4v) is 1.88. The first-order valence-corrected chi connectivity index (χ1v) is 5.65. The summed E-state index contributed by atoms with van der Waals surface area (Å²) in [5, 5.41) is 14.2. The lowest BCUT2D eigenvalue weighted by molar-refractivity contribution is -0.117. The Morgan fingerprint density at radius 1 is 1.44 bits per heavy atom. The second-order valence-electron chi connectivity index (χ2n) is 4.14. The van der Waals surface area contributed by atoms with Crippen molar-refractivity contribution in [3.63, 3.8) is 0 Å². The van der Waals surface area contributed by atoms with Crippen LogP contribution in [-0.2, 0) is 4.79 Å². The molecule has 0 radical (unpaired) electrons. The van der Waals surface area contributed by atoms with E-state index in [4.69, 9.17) is 5.11 Å². The van der Waals surface area contributed by atoms with Crippen molar-refractivity contribution in [2.75, 3.05) is 11.9 Å². The van der Waals surface area contributed by atoms with Crippen molar-refractivity contribution in [3.05, 3.63) is 29.6 Å². The van der Waals surface area contributed by atoms with Gasteiger partial charge in [0.15, 0.2) is 0 Å². The second kappa shape index (κ2) is 5.14. The van der Waals surface area contributed by atoms with E-state index in [9.17, 15) is 14.0 Å². The molecule has 6 heteroatoms. The molecule has 2 rings (SSSR count). The molecule has 1 amide bonds. The molecule has 1 saturated heterocycles. The number of carbonyl (C=O) groups excluding carboxylic acids is 1. The predicted octanol–water partition coefficient (Wildman–Crippen LogP) is 1.21. The Labute approximate surface area is 103 Å². The number of hydrogen-bond donors (Lipinski definition) is 3. The minimum Gasteiger partial charge on any atom is -0.478 e. The van der Waals surface area contributed by atoms with Crippen molar-refractivity contribution in [1.29, 1.82) is 0 Å². The molecular weight excluding hydrogens is 239 g/mol. The number of benzene rings is 1. The highest BCUT2D eigenvalue weighted by atomic mass is 19.1. The van der Waals surface area contributed by atoms with Gasteiger partial charge in [-0.05, 0) is 37.6 Å². The molecule has 3 N–H and O–H groups in total. The average Bonchev–Trinajstić information content (AvgIpc) is 2.85. The lowest BCUT2D eigenvalue weighted by Crippen LogP contribution is -2.35. The maximum atomic E-state index is 13.5. The van der Waals surface area contributed by atoms with Crippen LogP contribution in [0.3, 0.4) is 0 Å². The summed E-state index contributed by atoms with van der Waals surface area (Å²) in [6.45, 7) is 0.760. The zero-order valence-electron chi connectivity index (χ0n) is 9.57. The molecule has 18 heavy (non-hydrogen) atoms. The molecule has 1 fully saturated rings. The van der Waals surface area contributed by atoms with E-state index in [0.717, 1.165) is 31.2 Å². The van der Waals surface area contributed by atoms with Crippen molar-refractivity contribution in [1.82, 2.24) is 5.32 Å². The molecule has 5 nitrogen and oxygen atoms in total. The Bertz CT molecular complexity index is 484. The molecule has 0 bridgehead atoms. The molecule has 0 aliphatic carbocycles. The maximum absolute atomic E-state index is 13.5. The van der Waals surface area contributed by atoms with Crippen molar-refractivity contribution in [2.24, 2.45) is 0 Å². The molecule has 1 atom stereocenters. The Balaban J connectivity index is 2.14. The summed E-state index contributed by atoms with van der Waals surface area (Å²) >= 11 is 0. The van der Waals surface area contributed by atoms with Crippen LogP contribution in [0.5, 0.6) is 0 Å². The van der Waals surface area contributed by atoms with Gasteiger partial charge in [0.1, 0.15) is 5.82 Å². The summed E-state index contributed by atoms with van der Waals surface area (Å²) < 4.78 is 13.5. The molecule has 0 saturated carbocycles. The van der Waals surface area contributed by atoms with Gasteiger partial charge in [-0.2, -0.15) is 0 Å². The van der Waals surface area contributed by atoms with Gasteiger partial charge >= 0.3 is 5.97 Å². The van der Waals surface area contributed by atoms with E-state index in [1.807, 2.05) is 0 Å². The molecule has 0 unspecified atom stereocenters. The monoisotopic (exact) mass is 252 g/mol. The summed E-state index contributed by atoms with van der Waals surface area (Å²) in [6, 6.07) is 2.96. The third-order valence-corrected chi connectivity index (χ3v) is 2.85. The van der Waals surface area contributed by atoms with Gasteiger partial charge in [-0.1, -0.05) is 0 Å². The van der Waals surface area contributed by atoms with E-state index in [0.29, 0.717) is 6.42 Å². The zero-order chi connectivity index (χ0) is 13.1. The molecule has 1 heterocycles. The fourth-order valence-electron chi connectivity index (χ4n) is 1.88. The van der Waals surface area contributed by atoms with Crippen LogP contribution in [0.25, 0.3) is 0 Å². The Morgan fingerprint density at radius 2 is 2.22 bits per heavy atom. The largest absolute Gasteiger partial charge is 0.478 e. The summed E-state index contributed by atoms with van der Waals surface area (Å²) in [4.78, 5) is 22.5. The van der Waals surface area contributed by atoms with Gasteiger partial charge in [0.05, 0.1) is 17.3 Å². The number of hydrogen-bond acceptors (Lipinski definition) is 3. The summed E-state index contributed by atoms with van der Waals surface area (Å²) in [6.07, 6.45) is 1.60. The van der Waals surface area contributed by atoms with Gasteiger partial charge < -0.3 is 15.7 Å². The number of amides is 1. The lowest BCUT2D eigenvalue weighted by Gasteiger charge is -2.12. The first-order chi connectivity index (χ1) is 8.58. The minimum absolute atomic E-state index is 0.0638. The number of nitrogens with one attached hydrogen (secondary N) is 2. The van der Waals surface area contributed by atoms with Gasteiger partial charge in [-0.25, -0.2) is 9.18 Å². The van der Waals surface area contributed by atoms with Gasteiger partial charge in [-0.3, -0.25) is 4.79 Å². The topological polar surface area (TPSA) is 78.4 Å². The highest BCUT2D eigenvalue weighted by molar-refractivity contribution is 5.96. The van der Waals surface area contributed by atoms with Crippen molar-refractivity contribution in [2.45, 2.75) is 18.9 Å². The quantitative estimate of drug-likeness (QED) is 0.755. The lowest BCUT2D eigenvalue weighted by atomic mass is 10.1. The molecule has 1 aliphatic rings. The van der Waals surface area contributed by atoms with Crippen molar-refractivity contribution >= 4 is 17.6 Å². The smallest absolute Gasteiger partial charge is 0.335 e. The third-order valence-electron chi connectivity index (χ3n) is 2.85. The van der Waals surface area contributed by atoms with E-state index in [1.54, 1.807) is 0 Å². The minimum atomic E-state index is -1.16. The Morgan fingerprint density at radius 3 is 2.83 bits per heavy atom. The number of carboxylic acids is 1. The molecule has 96 valence electrons. The van der Waals surface area contributed by atoms with Gasteiger partial charge in [-0.15, -0.1) is 0 Å². The van der Waals surface area contributed by atoms with Crippen LogP contribution in [0.2, 0.25) is 0 Å². The highest BCUT2D eigenvalue weighted by Crippen LogP contribution is 2.17.